The smallest absolute Gasteiger partial charge is 0.148 e. The van der Waals surface area contributed by atoms with Crippen LogP contribution in [0.5, 0.6) is 0 Å². The Morgan fingerprint density at radius 3 is 2.14 bits per heavy atom. The molecule has 0 radical (unpaired) electrons. The molecule has 2 aromatic carbocycles. The van der Waals surface area contributed by atoms with Crippen molar-refractivity contribution in [2.75, 3.05) is 0 Å². The van der Waals surface area contributed by atoms with Gasteiger partial charge in [-0.15, -0.1) is 0 Å². The molecule has 21 heavy (non-hydrogen) atoms. The Labute approximate surface area is 125 Å². The lowest BCUT2D eigenvalue weighted by atomic mass is 10.1. The van der Waals surface area contributed by atoms with Gasteiger partial charge in [0.1, 0.15) is 16.2 Å². The van der Waals surface area contributed by atoms with Gasteiger partial charge in [0.05, 0.1) is 29.1 Å². The van der Waals surface area contributed by atoms with E-state index in [1.54, 1.807) is 6.20 Å². The molecule has 5 heteroatoms. The molecule has 0 spiro atoms. The average Bonchev–Trinajstić information content (AvgIpc) is 2.55. The second-order valence-electron chi connectivity index (χ2n) is 4.62. The van der Waals surface area contributed by atoms with Crippen LogP contribution in [0.3, 0.4) is 0 Å². The van der Waals surface area contributed by atoms with Crippen LogP contribution in [-0.4, -0.2) is 19.9 Å². The van der Waals surface area contributed by atoms with Gasteiger partial charge in [0.25, 0.3) is 0 Å². The zero-order chi connectivity index (χ0) is 14.2. The van der Waals surface area contributed by atoms with Gasteiger partial charge in [0, 0.05) is 5.56 Å². The Morgan fingerprint density at radius 2 is 1.38 bits per heavy atom. The Hall–Kier alpha value is -2.59. The predicted molar refractivity (Wildman–Crippen MR) is 83.1 cm³/mol. The third kappa shape index (κ3) is 2.10. The van der Waals surface area contributed by atoms with Gasteiger partial charge in [-0.25, -0.2) is 9.97 Å². The van der Waals surface area contributed by atoms with E-state index in [9.17, 15) is 0 Å². The Kier molecular flexibility index (Phi) is 2.75. The lowest BCUT2D eigenvalue weighted by molar-refractivity contribution is 1.26. The molecule has 0 fully saturated rings. The maximum absolute atomic E-state index is 5.95. The second-order valence-corrected chi connectivity index (χ2v) is 5.00. The van der Waals surface area contributed by atoms with Crippen LogP contribution in [0.1, 0.15) is 0 Å². The minimum Gasteiger partial charge on any atom is -0.252 e. The number of rotatable bonds is 1. The van der Waals surface area contributed by atoms with Gasteiger partial charge in [0.2, 0.25) is 0 Å². The largest absolute Gasteiger partial charge is 0.252 e. The molecule has 2 aromatic heterocycles. The minimum absolute atomic E-state index is 0.349. The summed E-state index contributed by atoms with van der Waals surface area (Å²) in [5, 5.41) is 0.349. The third-order valence-corrected chi connectivity index (χ3v) is 3.45. The Bertz CT molecular complexity index is 954. The van der Waals surface area contributed by atoms with Crippen LogP contribution in [-0.2, 0) is 0 Å². The average molecular weight is 293 g/mol. The monoisotopic (exact) mass is 292 g/mol. The first-order chi connectivity index (χ1) is 10.3. The predicted octanol–water partition coefficient (Wildman–Crippen LogP) is 3.89. The summed E-state index contributed by atoms with van der Waals surface area (Å²) >= 11 is 5.95. The number of aromatic nitrogens is 4. The van der Waals surface area contributed by atoms with Crippen molar-refractivity contribution in [3.05, 3.63) is 60.0 Å². The zero-order valence-corrected chi connectivity index (χ0v) is 11.6. The molecule has 0 N–H and O–H groups in total. The molecule has 4 rings (SSSR count). The van der Waals surface area contributed by atoms with Crippen molar-refractivity contribution in [2.24, 2.45) is 0 Å². The highest BCUT2D eigenvalue weighted by atomic mass is 35.5. The topological polar surface area (TPSA) is 51.6 Å². The molecule has 2 heterocycles. The van der Waals surface area contributed by atoms with Crippen LogP contribution in [0.15, 0.2) is 54.9 Å². The maximum Gasteiger partial charge on any atom is 0.148 e. The number of fused-ring (bicyclic) bond motifs is 3. The normalized spacial score (nSPS) is 11.1. The van der Waals surface area contributed by atoms with Crippen molar-refractivity contribution in [2.45, 2.75) is 0 Å². The van der Waals surface area contributed by atoms with Crippen molar-refractivity contribution in [1.82, 2.24) is 19.9 Å². The van der Waals surface area contributed by atoms with E-state index in [1.165, 1.54) is 6.20 Å². The zero-order valence-electron chi connectivity index (χ0n) is 10.9. The van der Waals surface area contributed by atoms with E-state index < -0.39 is 0 Å². The van der Waals surface area contributed by atoms with Crippen molar-refractivity contribution >= 4 is 33.7 Å². The van der Waals surface area contributed by atoms with Crippen LogP contribution in [0.2, 0.25) is 5.15 Å². The van der Waals surface area contributed by atoms with Gasteiger partial charge in [0.15, 0.2) is 0 Å². The Balaban J connectivity index is 2.05. The summed E-state index contributed by atoms with van der Waals surface area (Å²) in [5.41, 5.74) is 4.73. The summed E-state index contributed by atoms with van der Waals surface area (Å²) in [4.78, 5) is 17.8. The van der Waals surface area contributed by atoms with E-state index in [0.29, 0.717) is 16.2 Å². The molecule has 0 saturated heterocycles. The van der Waals surface area contributed by atoms with Crippen molar-refractivity contribution in [1.29, 1.82) is 0 Å². The molecule has 0 aliphatic carbocycles. The van der Waals surface area contributed by atoms with Crippen LogP contribution < -0.4 is 0 Å². The van der Waals surface area contributed by atoms with Crippen LogP contribution >= 0.6 is 11.6 Å². The highest BCUT2D eigenvalue weighted by molar-refractivity contribution is 6.29. The highest BCUT2D eigenvalue weighted by Crippen LogP contribution is 2.24. The molecule has 0 aliphatic heterocycles. The van der Waals surface area contributed by atoms with Crippen LogP contribution in [0.4, 0.5) is 0 Å². The SMILES string of the molecule is Clc1cnc2ccc3ncc(-c4ccccc4)nc3c2n1. The number of hydrogen-bond acceptors (Lipinski definition) is 4. The highest BCUT2D eigenvalue weighted by Gasteiger charge is 2.08. The number of hydrogen-bond donors (Lipinski definition) is 0. The molecule has 0 amide bonds. The van der Waals surface area contributed by atoms with E-state index in [2.05, 4.69) is 15.0 Å². The van der Waals surface area contributed by atoms with Gasteiger partial charge in [-0.2, -0.15) is 0 Å². The molecule has 0 bridgehead atoms. The van der Waals surface area contributed by atoms with Crippen LogP contribution in [0, 0.1) is 0 Å². The van der Waals surface area contributed by atoms with Crippen molar-refractivity contribution in [3.63, 3.8) is 0 Å². The quantitative estimate of drug-likeness (QED) is 0.499. The first-order valence-corrected chi connectivity index (χ1v) is 6.82. The standard InChI is InChI=1S/C16H9ClN4/c17-14-9-19-12-7-6-11-15(16(12)21-14)20-13(8-18-11)10-4-2-1-3-5-10/h1-9H. The summed E-state index contributed by atoms with van der Waals surface area (Å²) in [5.74, 6) is 0. The van der Waals surface area contributed by atoms with Crippen molar-refractivity contribution in [3.8, 4) is 11.3 Å². The molecule has 4 nitrogen and oxygen atoms in total. The fourth-order valence-corrected chi connectivity index (χ4v) is 2.41. The molecule has 0 saturated carbocycles. The lowest BCUT2D eigenvalue weighted by Gasteiger charge is -2.05. The summed E-state index contributed by atoms with van der Waals surface area (Å²) < 4.78 is 0. The first kappa shape index (κ1) is 12.2. The molecular weight excluding hydrogens is 284 g/mol. The molecule has 0 aliphatic rings. The molecule has 0 atom stereocenters. The fraction of sp³-hybridized carbons (Fsp3) is 0. The van der Waals surface area contributed by atoms with E-state index in [4.69, 9.17) is 16.6 Å². The minimum atomic E-state index is 0.349. The lowest BCUT2D eigenvalue weighted by Crippen LogP contribution is -1.92. The summed E-state index contributed by atoms with van der Waals surface area (Å²) in [7, 11) is 0. The van der Waals surface area contributed by atoms with Gasteiger partial charge in [-0.3, -0.25) is 9.97 Å². The van der Waals surface area contributed by atoms with Gasteiger partial charge < -0.3 is 0 Å². The summed E-state index contributed by atoms with van der Waals surface area (Å²) in [6.07, 6.45) is 3.30. The summed E-state index contributed by atoms with van der Waals surface area (Å²) in [6, 6.07) is 13.7. The van der Waals surface area contributed by atoms with Crippen molar-refractivity contribution < 1.29 is 0 Å². The number of halogens is 1. The van der Waals surface area contributed by atoms with E-state index >= 15 is 0 Å². The number of nitrogens with zero attached hydrogens (tertiary/aromatic N) is 4. The molecule has 4 aromatic rings. The van der Waals surface area contributed by atoms with E-state index in [0.717, 1.165) is 22.3 Å². The fourth-order valence-electron chi connectivity index (χ4n) is 2.27. The maximum atomic E-state index is 5.95. The van der Waals surface area contributed by atoms with Gasteiger partial charge in [-0.05, 0) is 12.1 Å². The first-order valence-electron chi connectivity index (χ1n) is 6.45. The van der Waals surface area contributed by atoms with Gasteiger partial charge in [-0.1, -0.05) is 41.9 Å². The van der Waals surface area contributed by atoms with Crippen LogP contribution in [0.25, 0.3) is 33.3 Å². The van der Waals surface area contributed by atoms with E-state index in [-0.39, 0.29) is 0 Å². The molecular formula is C16H9ClN4. The number of benzene rings is 2. The molecule has 0 unspecified atom stereocenters. The molecule has 100 valence electrons. The second kappa shape index (κ2) is 4.75. The third-order valence-electron chi connectivity index (χ3n) is 3.27. The van der Waals surface area contributed by atoms with Gasteiger partial charge >= 0.3 is 0 Å². The van der Waals surface area contributed by atoms with E-state index in [1.807, 2.05) is 42.5 Å². The summed E-state index contributed by atoms with van der Waals surface area (Å²) in [6.45, 7) is 0. The Morgan fingerprint density at radius 1 is 0.714 bits per heavy atom.